The average molecular weight is 314 g/mol. The smallest absolute Gasteiger partial charge is 0.270 e. The van der Waals surface area contributed by atoms with Crippen molar-refractivity contribution in [1.82, 2.24) is 5.32 Å². The Hall–Kier alpha value is -1.66. The Balaban J connectivity index is 2.96. The number of halogens is 1. The van der Waals surface area contributed by atoms with Gasteiger partial charge in [0.2, 0.25) is 0 Å². The van der Waals surface area contributed by atoms with E-state index in [1.54, 1.807) is 0 Å². The molecule has 3 N–H and O–H groups in total. The molecule has 0 aliphatic heterocycles. The van der Waals surface area contributed by atoms with Gasteiger partial charge in [0.15, 0.2) is 0 Å². The van der Waals surface area contributed by atoms with Crippen molar-refractivity contribution in [3.63, 3.8) is 0 Å². The van der Waals surface area contributed by atoms with Gasteiger partial charge in [0, 0.05) is 24.2 Å². The molecule has 0 spiro atoms. The van der Waals surface area contributed by atoms with Crippen LogP contribution in [0, 0.1) is 16.0 Å². The Morgan fingerprint density at radius 2 is 2.14 bits per heavy atom. The second-order valence-corrected chi connectivity index (χ2v) is 6.15. The maximum atomic E-state index is 12.3. The van der Waals surface area contributed by atoms with E-state index in [9.17, 15) is 14.9 Å². The number of benzene rings is 1. The van der Waals surface area contributed by atoms with Crippen LogP contribution in [0.5, 0.6) is 0 Å². The molecule has 1 unspecified atom stereocenters. The van der Waals surface area contributed by atoms with Crippen LogP contribution in [0.3, 0.4) is 0 Å². The quantitative estimate of drug-likeness (QED) is 0.623. The van der Waals surface area contributed by atoms with Crippen molar-refractivity contribution in [3.8, 4) is 0 Å². The number of non-ortho nitro benzene ring substituents is 1. The number of nitrogens with one attached hydrogen (secondary N) is 1. The molecule has 0 radical (unpaired) electrons. The number of carbonyl (C=O) groups excluding carboxylic acids is 1. The molecule has 1 amide bonds. The zero-order chi connectivity index (χ0) is 16.2. The van der Waals surface area contributed by atoms with Gasteiger partial charge in [-0.2, -0.15) is 0 Å². The zero-order valence-corrected chi connectivity index (χ0v) is 13.1. The monoisotopic (exact) mass is 313 g/mol. The fourth-order valence-corrected chi connectivity index (χ4v) is 2.49. The molecule has 0 bridgehead atoms. The summed E-state index contributed by atoms with van der Waals surface area (Å²) >= 11 is 5.95. The van der Waals surface area contributed by atoms with Crippen LogP contribution in [0.25, 0.3) is 0 Å². The number of nitrogens with two attached hydrogens (primary N) is 1. The van der Waals surface area contributed by atoms with Gasteiger partial charge in [-0.1, -0.05) is 25.4 Å². The van der Waals surface area contributed by atoms with Crippen LogP contribution < -0.4 is 11.1 Å². The average Bonchev–Trinajstić information content (AvgIpc) is 2.37. The van der Waals surface area contributed by atoms with Gasteiger partial charge in [0.25, 0.3) is 11.6 Å². The molecule has 0 heterocycles. The maximum absolute atomic E-state index is 12.3. The molecule has 0 aromatic heterocycles. The van der Waals surface area contributed by atoms with Gasteiger partial charge >= 0.3 is 0 Å². The van der Waals surface area contributed by atoms with Crippen LogP contribution in [0.15, 0.2) is 18.2 Å². The highest BCUT2D eigenvalue weighted by Gasteiger charge is 2.27. The van der Waals surface area contributed by atoms with Crippen molar-refractivity contribution in [3.05, 3.63) is 38.9 Å². The lowest BCUT2D eigenvalue weighted by Crippen LogP contribution is -2.52. The summed E-state index contributed by atoms with van der Waals surface area (Å²) < 4.78 is 0. The summed E-state index contributed by atoms with van der Waals surface area (Å²) in [5, 5.41) is 13.6. The van der Waals surface area contributed by atoms with Crippen LogP contribution in [-0.4, -0.2) is 22.9 Å². The molecular formula is C14H20ClN3O3. The Labute approximate surface area is 128 Å². The number of carbonyl (C=O) groups is 1. The Morgan fingerprint density at radius 3 is 2.57 bits per heavy atom. The highest BCUT2D eigenvalue weighted by atomic mass is 35.5. The summed E-state index contributed by atoms with van der Waals surface area (Å²) in [6.07, 6.45) is 0.722. The van der Waals surface area contributed by atoms with Crippen molar-refractivity contribution in [2.24, 2.45) is 11.7 Å². The molecule has 116 valence electrons. The molecule has 1 rings (SSSR count). The lowest BCUT2D eigenvalue weighted by atomic mass is 9.90. The van der Waals surface area contributed by atoms with E-state index in [2.05, 4.69) is 5.32 Å². The Kier molecular flexibility index (Phi) is 5.69. The van der Waals surface area contributed by atoms with Crippen molar-refractivity contribution >= 4 is 23.2 Å². The number of amides is 1. The predicted octanol–water partition coefficient (Wildman–Crippen LogP) is 2.74. The van der Waals surface area contributed by atoms with E-state index >= 15 is 0 Å². The van der Waals surface area contributed by atoms with E-state index < -0.39 is 10.5 Å². The molecule has 1 atom stereocenters. The van der Waals surface area contributed by atoms with Gasteiger partial charge in [0.05, 0.1) is 15.5 Å². The van der Waals surface area contributed by atoms with Gasteiger partial charge < -0.3 is 11.1 Å². The molecule has 1 aromatic rings. The molecule has 0 fully saturated rings. The standard InChI is InChI=1S/C14H20ClN3O3/c1-9(2)7-14(3,8-16)17-13(19)11-5-4-10(18(20)21)6-12(11)15/h4-6,9H,7-8,16H2,1-3H3,(H,17,19). The van der Waals surface area contributed by atoms with E-state index in [4.69, 9.17) is 17.3 Å². The molecule has 7 heteroatoms. The zero-order valence-electron chi connectivity index (χ0n) is 12.4. The van der Waals surface area contributed by atoms with E-state index in [1.165, 1.54) is 18.2 Å². The third-order valence-electron chi connectivity index (χ3n) is 3.13. The molecule has 0 saturated heterocycles. The number of nitro benzene ring substituents is 1. The number of nitro groups is 1. The largest absolute Gasteiger partial charge is 0.346 e. The van der Waals surface area contributed by atoms with E-state index in [0.717, 1.165) is 6.42 Å². The van der Waals surface area contributed by atoms with Crippen molar-refractivity contribution in [1.29, 1.82) is 0 Å². The van der Waals surface area contributed by atoms with Gasteiger partial charge in [-0.05, 0) is 25.3 Å². The summed E-state index contributed by atoms with van der Waals surface area (Å²) in [6.45, 7) is 6.24. The summed E-state index contributed by atoms with van der Waals surface area (Å²) in [6, 6.07) is 3.77. The first-order valence-corrected chi connectivity index (χ1v) is 7.03. The summed E-state index contributed by atoms with van der Waals surface area (Å²) in [7, 11) is 0. The molecule has 1 aromatic carbocycles. The SMILES string of the molecule is CC(C)CC(C)(CN)NC(=O)c1ccc([N+](=O)[O-])cc1Cl. The first kappa shape index (κ1) is 17.4. The van der Waals surface area contributed by atoms with Crippen LogP contribution >= 0.6 is 11.6 Å². The van der Waals surface area contributed by atoms with Crippen molar-refractivity contribution in [2.75, 3.05) is 6.54 Å². The third-order valence-corrected chi connectivity index (χ3v) is 3.45. The second kappa shape index (κ2) is 6.87. The predicted molar refractivity (Wildman–Crippen MR) is 82.5 cm³/mol. The molecule has 0 aliphatic rings. The van der Waals surface area contributed by atoms with Crippen molar-refractivity contribution in [2.45, 2.75) is 32.7 Å². The van der Waals surface area contributed by atoms with Gasteiger partial charge in [-0.15, -0.1) is 0 Å². The third kappa shape index (κ3) is 4.68. The summed E-state index contributed by atoms with van der Waals surface area (Å²) in [5.41, 5.74) is 5.25. The highest BCUT2D eigenvalue weighted by molar-refractivity contribution is 6.34. The molecule has 0 aliphatic carbocycles. The molecule has 0 saturated carbocycles. The number of nitrogens with zero attached hydrogens (tertiary/aromatic N) is 1. The minimum Gasteiger partial charge on any atom is -0.346 e. The number of hydrogen-bond donors (Lipinski definition) is 2. The minimum absolute atomic E-state index is 0.0469. The van der Waals surface area contributed by atoms with Crippen LogP contribution in [-0.2, 0) is 0 Å². The van der Waals surface area contributed by atoms with Crippen LogP contribution in [0.4, 0.5) is 5.69 Å². The van der Waals surface area contributed by atoms with E-state index in [-0.39, 0.29) is 22.2 Å². The molecular weight excluding hydrogens is 294 g/mol. The minimum atomic E-state index is -0.559. The Morgan fingerprint density at radius 1 is 1.52 bits per heavy atom. The van der Waals surface area contributed by atoms with E-state index in [1.807, 2.05) is 20.8 Å². The first-order valence-electron chi connectivity index (χ1n) is 6.65. The topological polar surface area (TPSA) is 98.3 Å². The van der Waals surface area contributed by atoms with Gasteiger partial charge in [-0.25, -0.2) is 0 Å². The Bertz CT molecular complexity index is 548. The van der Waals surface area contributed by atoms with E-state index in [0.29, 0.717) is 12.5 Å². The first-order chi connectivity index (χ1) is 9.68. The summed E-state index contributed by atoms with van der Waals surface area (Å²) in [4.78, 5) is 22.4. The van der Waals surface area contributed by atoms with Crippen LogP contribution in [0.1, 0.15) is 37.6 Å². The van der Waals surface area contributed by atoms with Gasteiger partial charge in [-0.3, -0.25) is 14.9 Å². The highest BCUT2D eigenvalue weighted by Crippen LogP contribution is 2.23. The maximum Gasteiger partial charge on any atom is 0.270 e. The fraction of sp³-hybridized carbons (Fsp3) is 0.500. The lowest BCUT2D eigenvalue weighted by molar-refractivity contribution is -0.384. The molecule has 21 heavy (non-hydrogen) atoms. The van der Waals surface area contributed by atoms with Gasteiger partial charge in [0.1, 0.15) is 0 Å². The van der Waals surface area contributed by atoms with Crippen molar-refractivity contribution < 1.29 is 9.72 Å². The summed E-state index contributed by atoms with van der Waals surface area (Å²) in [5.74, 6) is -0.0188. The number of hydrogen-bond acceptors (Lipinski definition) is 4. The number of rotatable bonds is 6. The normalized spacial score (nSPS) is 13.8. The lowest BCUT2D eigenvalue weighted by Gasteiger charge is -2.31. The molecule has 6 nitrogen and oxygen atoms in total. The fourth-order valence-electron chi connectivity index (χ4n) is 2.23. The second-order valence-electron chi connectivity index (χ2n) is 5.74. The van der Waals surface area contributed by atoms with Crippen LogP contribution in [0.2, 0.25) is 5.02 Å².